The molecule has 0 bridgehead atoms. The molecule has 0 aliphatic rings. The summed E-state index contributed by atoms with van der Waals surface area (Å²) in [6.45, 7) is 0. The number of rotatable bonds is 4. The van der Waals surface area contributed by atoms with E-state index in [1.54, 1.807) is 29.4 Å². The first kappa shape index (κ1) is 13.1. The standard InChI is InChI=1S/C13H9ClN2S3/c14-10-1-3-11(4-2-10)18-7-9-5-6-17-12(9)13-15-8-16-19-13/h1-6,8H,7H2. The molecule has 0 aliphatic heterocycles. The molecular formula is C13H9ClN2S3. The molecule has 2 nitrogen and oxygen atoms in total. The molecule has 0 fully saturated rings. The fourth-order valence-electron chi connectivity index (χ4n) is 1.60. The molecule has 0 saturated carbocycles. The van der Waals surface area contributed by atoms with Crippen LogP contribution in [0.3, 0.4) is 0 Å². The molecule has 3 aromatic rings. The number of aromatic nitrogens is 2. The van der Waals surface area contributed by atoms with Gasteiger partial charge in [-0.3, -0.25) is 0 Å². The summed E-state index contributed by atoms with van der Waals surface area (Å²) in [5, 5.41) is 3.88. The van der Waals surface area contributed by atoms with E-state index in [9.17, 15) is 0 Å². The molecule has 0 unspecified atom stereocenters. The lowest BCUT2D eigenvalue weighted by atomic mass is 10.3. The number of benzene rings is 1. The first-order chi connectivity index (χ1) is 9.33. The largest absolute Gasteiger partial charge is 0.222 e. The fraction of sp³-hybridized carbons (Fsp3) is 0.0769. The Hall–Kier alpha value is -0.880. The van der Waals surface area contributed by atoms with Crippen LogP contribution in [-0.2, 0) is 5.75 Å². The SMILES string of the molecule is Clc1ccc(SCc2ccsc2-c2ncns2)cc1. The van der Waals surface area contributed by atoms with Crippen molar-refractivity contribution >= 4 is 46.2 Å². The van der Waals surface area contributed by atoms with E-state index < -0.39 is 0 Å². The fourth-order valence-corrected chi connectivity index (χ4v) is 4.28. The van der Waals surface area contributed by atoms with Crippen LogP contribution in [0.4, 0.5) is 0 Å². The van der Waals surface area contributed by atoms with E-state index in [0.29, 0.717) is 0 Å². The maximum absolute atomic E-state index is 5.88. The predicted octanol–water partition coefficient (Wildman–Crippen LogP) is 5.21. The molecule has 1 aromatic carbocycles. The number of hydrogen-bond acceptors (Lipinski definition) is 5. The minimum Gasteiger partial charge on any atom is -0.222 e. The molecule has 0 atom stereocenters. The van der Waals surface area contributed by atoms with Crippen molar-refractivity contribution in [2.45, 2.75) is 10.6 Å². The van der Waals surface area contributed by atoms with Crippen LogP contribution in [-0.4, -0.2) is 9.36 Å². The molecule has 0 amide bonds. The molecule has 0 radical (unpaired) electrons. The zero-order valence-electron chi connectivity index (χ0n) is 9.75. The average Bonchev–Trinajstić information content (AvgIpc) is 3.08. The van der Waals surface area contributed by atoms with Gasteiger partial charge >= 0.3 is 0 Å². The molecular weight excluding hydrogens is 316 g/mol. The quantitative estimate of drug-likeness (QED) is 0.616. The second-order valence-corrected chi connectivity index (χ2v) is 6.95. The van der Waals surface area contributed by atoms with Crippen molar-refractivity contribution in [3.8, 4) is 9.88 Å². The van der Waals surface area contributed by atoms with Gasteiger partial charge in [0.1, 0.15) is 6.33 Å². The van der Waals surface area contributed by atoms with Crippen LogP contribution in [0, 0.1) is 0 Å². The van der Waals surface area contributed by atoms with Crippen LogP contribution in [0.25, 0.3) is 9.88 Å². The van der Waals surface area contributed by atoms with E-state index in [1.165, 1.54) is 26.9 Å². The molecule has 2 heterocycles. The van der Waals surface area contributed by atoms with E-state index >= 15 is 0 Å². The predicted molar refractivity (Wildman–Crippen MR) is 84.2 cm³/mol. The summed E-state index contributed by atoms with van der Waals surface area (Å²) in [7, 11) is 0. The number of halogens is 1. The molecule has 19 heavy (non-hydrogen) atoms. The van der Waals surface area contributed by atoms with Crippen molar-refractivity contribution in [1.82, 2.24) is 9.36 Å². The average molecular weight is 325 g/mol. The number of thioether (sulfide) groups is 1. The van der Waals surface area contributed by atoms with Crippen molar-refractivity contribution in [3.05, 3.63) is 52.6 Å². The lowest BCUT2D eigenvalue weighted by Crippen LogP contribution is -1.81. The third kappa shape index (κ3) is 3.17. The summed E-state index contributed by atoms with van der Waals surface area (Å²) in [6, 6.07) is 10.1. The van der Waals surface area contributed by atoms with Gasteiger partial charge in [0.25, 0.3) is 0 Å². The highest BCUT2D eigenvalue weighted by Gasteiger charge is 2.10. The number of hydrogen-bond donors (Lipinski definition) is 0. The van der Waals surface area contributed by atoms with Gasteiger partial charge in [0.05, 0.1) is 4.88 Å². The summed E-state index contributed by atoms with van der Waals surface area (Å²) < 4.78 is 4.06. The van der Waals surface area contributed by atoms with Crippen LogP contribution in [0.2, 0.25) is 5.02 Å². The van der Waals surface area contributed by atoms with E-state index in [4.69, 9.17) is 11.6 Å². The summed E-state index contributed by atoms with van der Waals surface area (Å²) in [6.07, 6.45) is 1.61. The number of thiophene rings is 1. The lowest BCUT2D eigenvalue weighted by molar-refractivity contribution is 1.33. The van der Waals surface area contributed by atoms with E-state index in [0.717, 1.165) is 15.8 Å². The summed E-state index contributed by atoms with van der Waals surface area (Å²) >= 11 is 10.8. The van der Waals surface area contributed by atoms with Crippen LogP contribution in [0.5, 0.6) is 0 Å². The minimum absolute atomic E-state index is 0.773. The Balaban J connectivity index is 1.74. The Labute approximate surface area is 128 Å². The Kier molecular flexibility index (Phi) is 4.18. The van der Waals surface area contributed by atoms with Crippen molar-refractivity contribution in [1.29, 1.82) is 0 Å². The molecule has 0 N–H and O–H groups in total. The normalized spacial score (nSPS) is 10.8. The van der Waals surface area contributed by atoms with Crippen LogP contribution >= 0.6 is 46.2 Å². The third-order valence-corrected chi connectivity index (χ3v) is 5.60. The van der Waals surface area contributed by atoms with E-state index in [1.807, 2.05) is 24.3 Å². The van der Waals surface area contributed by atoms with Crippen molar-refractivity contribution in [3.63, 3.8) is 0 Å². The van der Waals surface area contributed by atoms with Gasteiger partial charge in [-0.1, -0.05) is 11.6 Å². The second kappa shape index (κ2) is 6.05. The van der Waals surface area contributed by atoms with Gasteiger partial charge < -0.3 is 0 Å². The van der Waals surface area contributed by atoms with Gasteiger partial charge in [0.15, 0.2) is 5.01 Å². The zero-order chi connectivity index (χ0) is 13.1. The zero-order valence-corrected chi connectivity index (χ0v) is 13.0. The van der Waals surface area contributed by atoms with Crippen LogP contribution in [0.15, 0.2) is 46.9 Å². The first-order valence-corrected chi connectivity index (χ1v) is 8.56. The molecule has 6 heteroatoms. The summed E-state index contributed by atoms with van der Waals surface area (Å²) in [5.74, 6) is 0.931. The summed E-state index contributed by atoms with van der Waals surface area (Å²) in [4.78, 5) is 6.72. The highest BCUT2D eigenvalue weighted by atomic mass is 35.5. The highest BCUT2D eigenvalue weighted by molar-refractivity contribution is 7.98. The van der Waals surface area contributed by atoms with Gasteiger partial charge in [0.2, 0.25) is 0 Å². The maximum Gasteiger partial charge on any atom is 0.153 e. The third-order valence-electron chi connectivity index (χ3n) is 2.51. The molecule has 0 spiro atoms. The van der Waals surface area contributed by atoms with E-state index in [2.05, 4.69) is 20.8 Å². The Morgan fingerprint density at radius 2 is 2.00 bits per heavy atom. The minimum atomic E-state index is 0.773. The van der Waals surface area contributed by atoms with Gasteiger partial charge in [-0.05, 0) is 52.8 Å². The Morgan fingerprint density at radius 1 is 1.16 bits per heavy atom. The molecule has 2 aromatic heterocycles. The molecule has 0 aliphatic carbocycles. The van der Waals surface area contributed by atoms with Gasteiger partial charge in [-0.15, -0.1) is 23.1 Å². The maximum atomic E-state index is 5.88. The monoisotopic (exact) mass is 324 g/mol. The Bertz CT molecular complexity index is 647. The van der Waals surface area contributed by atoms with Crippen molar-refractivity contribution < 1.29 is 0 Å². The molecule has 0 saturated heterocycles. The van der Waals surface area contributed by atoms with Gasteiger partial charge in [-0.2, -0.15) is 4.37 Å². The van der Waals surface area contributed by atoms with Crippen molar-refractivity contribution in [2.75, 3.05) is 0 Å². The van der Waals surface area contributed by atoms with Crippen molar-refractivity contribution in [2.24, 2.45) is 0 Å². The van der Waals surface area contributed by atoms with E-state index in [-0.39, 0.29) is 0 Å². The smallest absolute Gasteiger partial charge is 0.153 e. The highest BCUT2D eigenvalue weighted by Crippen LogP contribution is 2.34. The summed E-state index contributed by atoms with van der Waals surface area (Å²) in [5.41, 5.74) is 1.31. The molecule has 3 rings (SSSR count). The first-order valence-electron chi connectivity index (χ1n) is 5.55. The molecule has 96 valence electrons. The van der Waals surface area contributed by atoms with Crippen LogP contribution in [0.1, 0.15) is 5.56 Å². The van der Waals surface area contributed by atoms with Crippen LogP contribution < -0.4 is 0 Å². The van der Waals surface area contributed by atoms with Gasteiger partial charge in [0, 0.05) is 15.7 Å². The topological polar surface area (TPSA) is 25.8 Å². The number of nitrogens with zero attached hydrogens (tertiary/aromatic N) is 2. The second-order valence-electron chi connectivity index (χ2n) is 3.76. The lowest BCUT2D eigenvalue weighted by Gasteiger charge is -2.02. The van der Waals surface area contributed by atoms with Gasteiger partial charge in [-0.25, -0.2) is 4.98 Å². The Morgan fingerprint density at radius 3 is 2.74 bits per heavy atom.